The fourth-order valence-electron chi connectivity index (χ4n) is 2.99. The van der Waals surface area contributed by atoms with Crippen LogP contribution in [0, 0.1) is 0 Å². The number of carbonyl (C=O) groups excluding carboxylic acids is 1. The molecule has 0 saturated heterocycles. The number of ketones is 1. The average Bonchev–Trinajstić information content (AvgIpc) is 2.81. The van der Waals surface area contributed by atoms with E-state index in [4.69, 9.17) is 18.9 Å². The van der Waals surface area contributed by atoms with Gasteiger partial charge in [0.25, 0.3) is 0 Å². The Morgan fingerprint density at radius 2 is 1.43 bits per heavy atom. The minimum atomic E-state index is -0.160. The number of carbonyl (C=O) groups is 1. The molecule has 3 aromatic carbocycles. The van der Waals surface area contributed by atoms with Gasteiger partial charge in [0.15, 0.2) is 17.3 Å². The number of ether oxygens (including phenoxy) is 4. The number of methoxy groups -OCH3 is 3. The van der Waals surface area contributed by atoms with Gasteiger partial charge in [-0.3, -0.25) is 4.79 Å². The lowest BCUT2D eigenvalue weighted by Crippen LogP contribution is -2.02. The predicted octanol–water partition coefficient (Wildman–Crippen LogP) is 5.19. The Kier molecular flexibility index (Phi) is 7.11. The van der Waals surface area contributed by atoms with Gasteiger partial charge in [-0.1, -0.05) is 48.5 Å². The molecule has 0 aliphatic rings. The van der Waals surface area contributed by atoms with Crippen LogP contribution in [0.1, 0.15) is 21.5 Å². The summed E-state index contributed by atoms with van der Waals surface area (Å²) in [6.07, 6.45) is 3.21. The van der Waals surface area contributed by atoms with E-state index in [-0.39, 0.29) is 5.78 Å². The zero-order chi connectivity index (χ0) is 21.3. The molecular weight excluding hydrogens is 380 g/mol. The monoisotopic (exact) mass is 404 g/mol. The molecule has 0 heterocycles. The zero-order valence-electron chi connectivity index (χ0n) is 17.3. The molecule has 0 aliphatic heterocycles. The molecule has 154 valence electrons. The summed E-state index contributed by atoms with van der Waals surface area (Å²) < 4.78 is 21.9. The molecule has 30 heavy (non-hydrogen) atoms. The Bertz CT molecular complexity index is 1000. The van der Waals surface area contributed by atoms with Gasteiger partial charge in [0.2, 0.25) is 5.75 Å². The van der Waals surface area contributed by atoms with Crippen molar-refractivity contribution in [2.45, 2.75) is 6.61 Å². The molecule has 0 unspecified atom stereocenters. The van der Waals surface area contributed by atoms with E-state index in [0.29, 0.717) is 35.2 Å². The van der Waals surface area contributed by atoms with Gasteiger partial charge in [0.05, 0.1) is 26.9 Å². The normalized spacial score (nSPS) is 10.6. The average molecular weight is 404 g/mol. The van der Waals surface area contributed by atoms with Crippen molar-refractivity contribution in [2.75, 3.05) is 21.3 Å². The van der Waals surface area contributed by atoms with Crippen molar-refractivity contribution in [3.05, 3.63) is 89.5 Å². The summed E-state index contributed by atoms with van der Waals surface area (Å²) in [5.74, 6) is 1.93. The number of rotatable bonds is 9. The van der Waals surface area contributed by atoms with Crippen LogP contribution >= 0.6 is 0 Å². The summed E-state index contributed by atoms with van der Waals surface area (Å²) >= 11 is 0. The Balaban J connectivity index is 1.80. The van der Waals surface area contributed by atoms with E-state index in [1.165, 1.54) is 6.08 Å². The summed E-state index contributed by atoms with van der Waals surface area (Å²) in [5, 5.41) is 0. The first-order valence-electron chi connectivity index (χ1n) is 9.44. The van der Waals surface area contributed by atoms with Crippen LogP contribution in [0.2, 0.25) is 0 Å². The SMILES string of the molecule is COc1cc(C=CC(=O)c2ccccc2OCc2ccccc2)cc(OC)c1OC. The molecule has 0 amide bonds. The number of para-hydroxylation sites is 1. The van der Waals surface area contributed by atoms with E-state index in [9.17, 15) is 4.79 Å². The fraction of sp³-hybridized carbons (Fsp3) is 0.160. The highest BCUT2D eigenvalue weighted by atomic mass is 16.5. The third-order valence-corrected chi connectivity index (χ3v) is 4.50. The Morgan fingerprint density at radius 1 is 0.800 bits per heavy atom. The number of hydrogen-bond donors (Lipinski definition) is 0. The lowest BCUT2D eigenvalue weighted by atomic mass is 10.1. The van der Waals surface area contributed by atoms with Crippen molar-refractivity contribution in [3.8, 4) is 23.0 Å². The molecular formula is C25H24O5. The van der Waals surface area contributed by atoms with E-state index in [0.717, 1.165) is 11.1 Å². The van der Waals surface area contributed by atoms with Crippen LogP contribution in [0.15, 0.2) is 72.8 Å². The highest BCUT2D eigenvalue weighted by Gasteiger charge is 2.13. The van der Waals surface area contributed by atoms with Gasteiger partial charge in [-0.15, -0.1) is 0 Å². The van der Waals surface area contributed by atoms with Crippen LogP contribution in [0.5, 0.6) is 23.0 Å². The molecule has 3 rings (SSSR count). The van der Waals surface area contributed by atoms with E-state index >= 15 is 0 Å². The number of hydrogen-bond acceptors (Lipinski definition) is 5. The highest BCUT2D eigenvalue weighted by molar-refractivity contribution is 6.08. The largest absolute Gasteiger partial charge is 0.493 e. The van der Waals surface area contributed by atoms with E-state index < -0.39 is 0 Å². The Labute approximate surface area is 176 Å². The van der Waals surface area contributed by atoms with Crippen molar-refractivity contribution in [3.63, 3.8) is 0 Å². The number of benzene rings is 3. The minimum absolute atomic E-state index is 0.160. The third kappa shape index (κ3) is 5.00. The summed E-state index contributed by atoms with van der Waals surface area (Å²) in [7, 11) is 4.65. The minimum Gasteiger partial charge on any atom is -0.493 e. The van der Waals surface area contributed by atoms with Crippen LogP contribution in [0.25, 0.3) is 6.08 Å². The summed E-state index contributed by atoms with van der Waals surface area (Å²) in [6.45, 7) is 0.391. The van der Waals surface area contributed by atoms with Crippen LogP contribution in [0.3, 0.4) is 0 Å². The van der Waals surface area contributed by atoms with Crippen molar-refractivity contribution >= 4 is 11.9 Å². The Morgan fingerprint density at radius 3 is 2.07 bits per heavy atom. The highest BCUT2D eigenvalue weighted by Crippen LogP contribution is 2.38. The van der Waals surface area contributed by atoms with Crippen LogP contribution in [-0.4, -0.2) is 27.1 Å². The molecule has 0 aromatic heterocycles. The Hall–Kier alpha value is -3.73. The predicted molar refractivity (Wildman–Crippen MR) is 117 cm³/mol. The van der Waals surface area contributed by atoms with Gasteiger partial charge >= 0.3 is 0 Å². The van der Waals surface area contributed by atoms with Gasteiger partial charge < -0.3 is 18.9 Å². The van der Waals surface area contributed by atoms with Crippen LogP contribution in [0.4, 0.5) is 0 Å². The standard InChI is InChI=1S/C25H24O5/c1-27-23-15-19(16-24(28-2)25(23)29-3)13-14-21(26)20-11-7-8-12-22(20)30-17-18-9-5-4-6-10-18/h4-16H,17H2,1-3H3. The van der Waals surface area contributed by atoms with E-state index in [1.54, 1.807) is 51.7 Å². The molecule has 0 fully saturated rings. The summed E-state index contributed by atoms with van der Waals surface area (Å²) in [5.41, 5.74) is 2.28. The fourth-order valence-corrected chi connectivity index (χ4v) is 2.99. The second-order valence-corrected chi connectivity index (χ2v) is 6.43. The van der Waals surface area contributed by atoms with Crippen molar-refractivity contribution in [1.29, 1.82) is 0 Å². The van der Waals surface area contributed by atoms with Gasteiger partial charge in [-0.2, -0.15) is 0 Å². The maximum absolute atomic E-state index is 12.8. The molecule has 0 spiro atoms. The lowest BCUT2D eigenvalue weighted by molar-refractivity contribution is 0.104. The molecule has 3 aromatic rings. The van der Waals surface area contributed by atoms with Crippen LogP contribution < -0.4 is 18.9 Å². The van der Waals surface area contributed by atoms with Crippen molar-refractivity contribution in [1.82, 2.24) is 0 Å². The van der Waals surface area contributed by atoms with Gasteiger partial charge in [-0.05, 0) is 41.5 Å². The summed E-state index contributed by atoms with van der Waals surface area (Å²) in [4.78, 5) is 12.8. The van der Waals surface area contributed by atoms with Crippen molar-refractivity contribution < 1.29 is 23.7 Å². The number of allylic oxidation sites excluding steroid dienone is 1. The topological polar surface area (TPSA) is 54.0 Å². The second-order valence-electron chi connectivity index (χ2n) is 6.43. The zero-order valence-corrected chi connectivity index (χ0v) is 17.3. The smallest absolute Gasteiger partial charge is 0.203 e. The third-order valence-electron chi connectivity index (χ3n) is 4.50. The van der Waals surface area contributed by atoms with E-state index in [1.807, 2.05) is 42.5 Å². The van der Waals surface area contributed by atoms with Gasteiger partial charge in [0, 0.05) is 0 Å². The quantitative estimate of drug-likeness (QED) is 0.363. The lowest BCUT2D eigenvalue weighted by Gasteiger charge is -2.13. The molecule has 0 saturated carbocycles. The molecule has 0 aliphatic carbocycles. The molecule has 5 heteroatoms. The maximum Gasteiger partial charge on any atom is 0.203 e. The van der Waals surface area contributed by atoms with Gasteiger partial charge in [-0.25, -0.2) is 0 Å². The molecule has 0 atom stereocenters. The van der Waals surface area contributed by atoms with Crippen molar-refractivity contribution in [2.24, 2.45) is 0 Å². The second kappa shape index (κ2) is 10.2. The molecule has 0 bridgehead atoms. The first kappa shape index (κ1) is 21.0. The van der Waals surface area contributed by atoms with Crippen LogP contribution in [-0.2, 0) is 6.61 Å². The van der Waals surface area contributed by atoms with E-state index in [2.05, 4.69) is 0 Å². The molecule has 0 N–H and O–H groups in total. The summed E-state index contributed by atoms with van der Waals surface area (Å²) in [6, 6.07) is 20.6. The van der Waals surface area contributed by atoms with Gasteiger partial charge in [0.1, 0.15) is 12.4 Å². The molecule has 0 radical (unpaired) electrons. The molecule has 5 nitrogen and oxygen atoms in total. The first-order valence-corrected chi connectivity index (χ1v) is 9.44. The maximum atomic E-state index is 12.8. The first-order chi connectivity index (χ1) is 14.7.